The summed E-state index contributed by atoms with van der Waals surface area (Å²) >= 11 is 0. The Morgan fingerprint density at radius 1 is 0.907 bits per heavy atom. The van der Waals surface area contributed by atoms with Crippen LogP contribution in [0.2, 0.25) is 0 Å². The maximum Gasteiger partial charge on any atom is 0.305 e. The second-order valence-electron chi connectivity index (χ2n) is 10.0. The Balaban J connectivity index is 1.56. The third kappa shape index (κ3) is 7.94. The van der Waals surface area contributed by atoms with Crippen molar-refractivity contribution in [3.05, 3.63) is 107 Å². The molecule has 0 fully saturated rings. The van der Waals surface area contributed by atoms with Crippen LogP contribution in [0.25, 0.3) is 10.8 Å². The molecule has 43 heavy (non-hydrogen) atoms. The maximum absolute atomic E-state index is 13.6. The minimum absolute atomic E-state index is 0.0239. The molecule has 2 atom stereocenters. The molecule has 4 aromatic rings. The number of ketones is 1. The lowest BCUT2D eigenvalue weighted by atomic mass is 10.0. The molecule has 4 rings (SSSR count). The standard InChI is InChI=1S/C33H33N3O7/c1-2-3-18-28(32(41)35-27(20-30(38)39)29(37)21-43-23-13-5-4-6-14-23)36-19-10-17-26(33(36)42)34-31(40)25-16-9-12-22-11-7-8-15-24(22)25/h4-17,19,27-28H,2-3,18,20-21H2,1H3,(H,34,40)(H,35,41)(H,38,39)/t27-,28?/m0/s1. The lowest BCUT2D eigenvalue weighted by molar-refractivity contribution is -0.140. The topological polar surface area (TPSA) is 144 Å². The number of benzene rings is 3. The number of aromatic nitrogens is 1. The molecule has 1 unspecified atom stereocenters. The summed E-state index contributed by atoms with van der Waals surface area (Å²) in [5.74, 6) is -2.65. The van der Waals surface area contributed by atoms with Crippen LogP contribution in [-0.4, -0.2) is 45.9 Å². The van der Waals surface area contributed by atoms with Gasteiger partial charge < -0.3 is 25.0 Å². The van der Waals surface area contributed by atoms with E-state index in [4.69, 9.17) is 4.74 Å². The van der Waals surface area contributed by atoms with Crippen LogP contribution in [0.4, 0.5) is 5.69 Å². The van der Waals surface area contributed by atoms with Crippen LogP contribution >= 0.6 is 0 Å². The number of fused-ring (bicyclic) bond motifs is 1. The summed E-state index contributed by atoms with van der Waals surface area (Å²) in [6.07, 6.45) is 2.32. The van der Waals surface area contributed by atoms with Crippen molar-refractivity contribution in [1.82, 2.24) is 9.88 Å². The zero-order chi connectivity index (χ0) is 30.8. The van der Waals surface area contributed by atoms with Crippen LogP contribution in [0.3, 0.4) is 0 Å². The minimum Gasteiger partial charge on any atom is -0.486 e. The van der Waals surface area contributed by atoms with Gasteiger partial charge in [0.1, 0.15) is 30.1 Å². The fraction of sp³-hybridized carbons (Fsp3) is 0.242. The summed E-state index contributed by atoms with van der Waals surface area (Å²) in [6, 6.07) is 21.8. The summed E-state index contributed by atoms with van der Waals surface area (Å²) in [5.41, 5.74) is -0.244. The van der Waals surface area contributed by atoms with Gasteiger partial charge in [-0.1, -0.05) is 74.4 Å². The second-order valence-corrected chi connectivity index (χ2v) is 10.0. The second kappa shape index (κ2) is 14.6. The van der Waals surface area contributed by atoms with Gasteiger partial charge in [0.25, 0.3) is 11.5 Å². The molecule has 0 saturated carbocycles. The van der Waals surface area contributed by atoms with E-state index in [0.717, 1.165) is 17.2 Å². The molecule has 0 saturated heterocycles. The van der Waals surface area contributed by atoms with Crippen molar-refractivity contribution in [3.63, 3.8) is 0 Å². The molecule has 0 aliphatic heterocycles. The summed E-state index contributed by atoms with van der Waals surface area (Å²) < 4.78 is 6.67. The van der Waals surface area contributed by atoms with Gasteiger partial charge in [0.15, 0.2) is 5.78 Å². The Labute approximate surface area is 248 Å². The van der Waals surface area contributed by atoms with E-state index in [2.05, 4.69) is 10.6 Å². The van der Waals surface area contributed by atoms with Crippen molar-refractivity contribution < 1.29 is 29.0 Å². The Morgan fingerprint density at radius 3 is 2.37 bits per heavy atom. The number of carboxylic acids is 1. The lowest BCUT2D eigenvalue weighted by Gasteiger charge is -2.23. The number of hydrogen-bond donors (Lipinski definition) is 3. The summed E-state index contributed by atoms with van der Waals surface area (Å²) in [4.78, 5) is 64.7. The lowest BCUT2D eigenvalue weighted by Crippen LogP contribution is -2.48. The third-order valence-corrected chi connectivity index (χ3v) is 6.93. The van der Waals surface area contributed by atoms with Gasteiger partial charge in [-0.2, -0.15) is 0 Å². The molecular weight excluding hydrogens is 550 g/mol. The van der Waals surface area contributed by atoms with E-state index in [1.54, 1.807) is 48.5 Å². The summed E-state index contributed by atoms with van der Waals surface area (Å²) in [6.45, 7) is 1.48. The Morgan fingerprint density at radius 2 is 1.63 bits per heavy atom. The first-order valence-corrected chi connectivity index (χ1v) is 14.0. The number of ether oxygens (including phenoxy) is 1. The Hall–Kier alpha value is -5.25. The number of pyridine rings is 1. The molecule has 10 heteroatoms. The van der Waals surface area contributed by atoms with E-state index in [-0.39, 0.29) is 12.1 Å². The molecule has 0 spiro atoms. The number of nitrogens with zero attached hydrogens (tertiary/aromatic N) is 1. The third-order valence-electron chi connectivity index (χ3n) is 6.93. The van der Waals surface area contributed by atoms with Gasteiger partial charge in [-0.3, -0.25) is 24.0 Å². The van der Waals surface area contributed by atoms with Gasteiger partial charge >= 0.3 is 5.97 Å². The number of Topliss-reactive ketones (excluding diaryl/α,β-unsaturated/α-hetero) is 1. The first-order valence-electron chi connectivity index (χ1n) is 14.0. The fourth-order valence-corrected chi connectivity index (χ4v) is 4.72. The smallest absolute Gasteiger partial charge is 0.305 e. The largest absolute Gasteiger partial charge is 0.486 e. The van der Waals surface area contributed by atoms with E-state index in [9.17, 15) is 29.1 Å². The average molecular weight is 584 g/mol. The van der Waals surface area contributed by atoms with Crippen molar-refractivity contribution >= 4 is 40.0 Å². The molecule has 0 bridgehead atoms. The van der Waals surface area contributed by atoms with Gasteiger partial charge in [0.05, 0.1) is 6.42 Å². The van der Waals surface area contributed by atoms with Crippen LogP contribution in [0.15, 0.2) is 95.9 Å². The summed E-state index contributed by atoms with van der Waals surface area (Å²) in [7, 11) is 0. The van der Waals surface area contributed by atoms with Crippen molar-refractivity contribution in [2.45, 2.75) is 44.7 Å². The molecule has 0 radical (unpaired) electrons. The van der Waals surface area contributed by atoms with Crippen molar-refractivity contribution in [1.29, 1.82) is 0 Å². The normalized spacial score (nSPS) is 12.2. The number of hydrogen-bond acceptors (Lipinski definition) is 6. The van der Waals surface area contributed by atoms with Crippen LogP contribution in [-0.2, 0) is 14.4 Å². The van der Waals surface area contributed by atoms with Crippen LogP contribution in [0, 0.1) is 0 Å². The zero-order valence-electron chi connectivity index (χ0n) is 23.7. The minimum atomic E-state index is -1.37. The predicted molar refractivity (Wildman–Crippen MR) is 162 cm³/mol. The molecule has 0 aliphatic carbocycles. The number of nitrogens with one attached hydrogen (secondary N) is 2. The maximum atomic E-state index is 13.6. The van der Waals surface area contributed by atoms with Crippen molar-refractivity contribution in [3.8, 4) is 5.75 Å². The highest BCUT2D eigenvalue weighted by molar-refractivity contribution is 6.12. The Kier molecular flexibility index (Phi) is 10.4. The van der Waals surface area contributed by atoms with Crippen molar-refractivity contribution in [2.75, 3.05) is 11.9 Å². The van der Waals surface area contributed by atoms with Crippen LogP contribution in [0.5, 0.6) is 5.75 Å². The molecular formula is C33H33N3O7. The average Bonchev–Trinajstić information content (AvgIpc) is 3.01. The van der Waals surface area contributed by atoms with E-state index in [1.807, 2.05) is 37.3 Å². The number of carboxylic acid groups (broad SMARTS) is 1. The quantitative estimate of drug-likeness (QED) is 0.197. The molecule has 10 nitrogen and oxygen atoms in total. The van der Waals surface area contributed by atoms with Gasteiger partial charge in [-0.25, -0.2) is 0 Å². The van der Waals surface area contributed by atoms with E-state index in [0.29, 0.717) is 17.7 Å². The number of rotatable bonds is 14. The number of para-hydroxylation sites is 1. The van der Waals surface area contributed by atoms with Crippen LogP contribution in [0.1, 0.15) is 49.0 Å². The molecule has 1 aromatic heterocycles. The SMILES string of the molecule is CCCCC(C(=O)N[C@@H](CC(=O)O)C(=O)COc1ccccc1)n1cccc(NC(=O)c2cccc3ccccc23)c1=O. The number of carbonyl (C=O) groups excluding carboxylic acids is 3. The number of carbonyl (C=O) groups is 4. The van der Waals surface area contributed by atoms with Crippen LogP contribution < -0.4 is 20.9 Å². The van der Waals surface area contributed by atoms with Crippen molar-refractivity contribution in [2.24, 2.45) is 0 Å². The van der Waals surface area contributed by atoms with E-state index >= 15 is 0 Å². The monoisotopic (exact) mass is 583 g/mol. The highest BCUT2D eigenvalue weighted by atomic mass is 16.5. The molecule has 0 aliphatic rings. The zero-order valence-corrected chi connectivity index (χ0v) is 23.7. The summed E-state index contributed by atoms with van der Waals surface area (Å²) in [5, 5.41) is 16.2. The van der Waals surface area contributed by atoms with E-state index < -0.39 is 54.2 Å². The molecule has 222 valence electrons. The van der Waals surface area contributed by atoms with E-state index in [1.165, 1.54) is 16.8 Å². The molecule has 2 amide bonds. The number of unbranched alkanes of at least 4 members (excludes halogenated alkanes) is 1. The van der Waals surface area contributed by atoms with Gasteiger partial charge in [0.2, 0.25) is 5.91 Å². The Bertz CT molecular complexity index is 1660. The number of aliphatic carboxylic acids is 1. The van der Waals surface area contributed by atoms with Gasteiger partial charge in [-0.05, 0) is 47.5 Å². The van der Waals surface area contributed by atoms with Gasteiger partial charge in [-0.15, -0.1) is 0 Å². The first-order chi connectivity index (χ1) is 20.8. The fourth-order valence-electron chi connectivity index (χ4n) is 4.72. The molecule has 3 N–H and O–H groups in total. The number of amides is 2. The predicted octanol–water partition coefficient (Wildman–Crippen LogP) is 4.59. The highest BCUT2D eigenvalue weighted by Crippen LogP contribution is 2.20. The first kappa shape index (κ1) is 30.7. The van der Waals surface area contributed by atoms with Gasteiger partial charge in [0, 0.05) is 11.8 Å². The highest BCUT2D eigenvalue weighted by Gasteiger charge is 2.29. The molecule has 3 aromatic carbocycles. The number of anilines is 1. The molecule has 1 heterocycles.